The Hall–Kier alpha value is -2.09. The van der Waals surface area contributed by atoms with Gasteiger partial charge in [-0.15, -0.1) is 0 Å². The Kier molecular flexibility index (Phi) is 2.50. The molecule has 0 bridgehead atoms. The molecular formula is C13H10O2. The normalized spacial score (nSPS) is 19.5. The van der Waals surface area contributed by atoms with Crippen LogP contribution in [-0.4, -0.2) is 11.1 Å². The first-order valence-corrected chi connectivity index (χ1v) is 4.67. The van der Waals surface area contributed by atoms with Gasteiger partial charge in [0.1, 0.15) is 0 Å². The van der Waals surface area contributed by atoms with Gasteiger partial charge in [0.2, 0.25) is 0 Å². The number of carboxylic acids is 1. The predicted octanol–water partition coefficient (Wildman–Crippen LogP) is 2.98. The third kappa shape index (κ3) is 1.89. The summed E-state index contributed by atoms with van der Waals surface area (Å²) in [4.78, 5) is 11.0. The van der Waals surface area contributed by atoms with Gasteiger partial charge < -0.3 is 5.11 Å². The first-order chi connectivity index (χ1) is 7.29. The van der Waals surface area contributed by atoms with Gasteiger partial charge in [-0.25, -0.2) is 4.79 Å². The van der Waals surface area contributed by atoms with Gasteiger partial charge in [0, 0.05) is 0 Å². The summed E-state index contributed by atoms with van der Waals surface area (Å²) in [5.74, 6) is -0.894. The van der Waals surface area contributed by atoms with Gasteiger partial charge in [0.05, 0.1) is 5.56 Å². The second-order valence-electron chi connectivity index (χ2n) is 3.22. The van der Waals surface area contributed by atoms with E-state index in [1.807, 2.05) is 42.5 Å². The zero-order valence-corrected chi connectivity index (χ0v) is 8.05. The van der Waals surface area contributed by atoms with Crippen LogP contribution in [0.25, 0.3) is 12.2 Å². The molecule has 2 heteroatoms. The minimum Gasteiger partial charge on any atom is -0.478 e. The summed E-state index contributed by atoms with van der Waals surface area (Å²) in [6.45, 7) is 0. The van der Waals surface area contributed by atoms with E-state index in [0.717, 1.165) is 11.1 Å². The Labute approximate surface area is 87.9 Å². The van der Waals surface area contributed by atoms with Crippen molar-refractivity contribution in [3.8, 4) is 0 Å². The Bertz CT molecular complexity index is 479. The number of allylic oxidation sites excluding steroid dienone is 4. The molecule has 0 aliphatic heterocycles. The molecule has 0 atom stereocenters. The summed E-state index contributed by atoms with van der Waals surface area (Å²) in [7, 11) is 0. The highest BCUT2D eigenvalue weighted by molar-refractivity contribution is 5.94. The molecule has 1 aromatic carbocycles. The van der Waals surface area contributed by atoms with E-state index in [9.17, 15) is 4.79 Å². The van der Waals surface area contributed by atoms with Crippen LogP contribution in [0.3, 0.4) is 0 Å². The fourth-order valence-corrected chi connectivity index (χ4v) is 1.54. The third-order valence-corrected chi connectivity index (χ3v) is 2.24. The molecule has 1 aliphatic carbocycles. The molecule has 0 heterocycles. The molecule has 0 amide bonds. The van der Waals surface area contributed by atoms with Crippen LogP contribution in [0, 0.1) is 0 Å². The van der Waals surface area contributed by atoms with Gasteiger partial charge in [-0.1, -0.05) is 48.6 Å². The minimum absolute atomic E-state index is 0.337. The van der Waals surface area contributed by atoms with E-state index in [1.165, 1.54) is 0 Å². The van der Waals surface area contributed by atoms with Crippen LogP contribution in [0.15, 0.2) is 42.5 Å². The van der Waals surface area contributed by atoms with E-state index in [2.05, 4.69) is 0 Å². The van der Waals surface area contributed by atoms with Crippen molar-refractivity contribution >= 4 is 18.1 Å². The zero-order valence-electron chi connectivity index (χ0n) is 8.05. The molecule has 0 saturated heterocycles. The molecule has 1 aliphatic rings. The molecular weight excluding hydrogens is 188 g/mol. The molecule has 0 unspecified atom stereocenters. The Morgan fingerprint density at radius 1 is 1.00 bits per heavy atom. The average Bonchev–Trinajstić information content (AvgIpc) is 2.17. The lowest BCUT2D eigenvalue weighted by atomic mass is 9.99. The topological polar surface area (TPSA) is 37.3 Å². The van der Waals surface area contributed by atoms with Gasteiger partial charge >= 0.3 is 5.97 Å². The van der Waals surface area contributed by atoms with Crippen molar-refractivity contribution in [2.75, 3.05) is 0 Å². The molecule has 0 radical (unpaired) electrons. The van der Waals surface area contributed by atoms with Crippen LogP contribution in [0.1, 0.15) is 21.5 Å². The SMILES string of the molecule is O=C(O)c1cccc2c1\C=C/C=C\C=C/2. The second-order valence-corrected chi connectivity index (χ2v) is 3.22. The van der Waals surface area contributed by atoms with Crippen molar-refractivity contribution < 1.29 is 9.90 Å². The monoisotopic (exact) mass is 198 g/mol. The molecule has 2 nitrogen and oxygen atoms in total. The number of hydrogen-bond donors (Lipinski definition) is 1. The highest BCUT2D eigenvalue weighted by Gasteiger charge is 2.09. The lowest BCUT2D eigenvalue weighted by Gasteiger charge is -2.06. The maximum absolute atomic E-state index is 11.0. The minimum atomic E-state index is -0.894. The maximum atomic E-state index is 11.0. The van der Waals surface area contributed by atoms with Gasteiger partial charge in [0.15, 0.2) is 0 Å². The van der Waals surface area contributed by atoms with Gasteiger partial charge in [-0.05, 0) is 17.2 Å². The lowest BCUT2D eigenvalue weighted by Crippen LogP contribution is -2.00. The van der Waals surface area contributed by atoms with Crippen molar-refractivity contribution in [2.24, 2.45) is 0 Å². The number of rotatable bonds is 1. The molecule has 0 aromatic heterocycles. The quantitative estimate of drug-likeness (QED) is 0.753. The van der Waals surface area contributed by atoms with Crippen molar-refractivity contribution in [1.29, 1.82) is 0 Å². The first-order valence-electron chi connectivity index (χ1n) is 4.67. The van der Waals surface area contributed by atoms with Crippen LogP contribution in [0.4, 0.5) is 0 Å². The first kappa shape index (κ1) is 9.46. The van der Waals surface area contributed by atoms with E-state index in [1.54, 1.807) is 12.1 Å². The lowest BCUT2D eigenvalue weighted by molar-refractivity contribution is 0.0696. The van der Waals surface area contributed by atoms with Gasteiger partial charge in [-0.2, -0.15) is 0 Å². The standard InChI is InChI=1S/C13H10O2/c14-13(15)12-9-5-7-10-6-3-1-2-4-8-11(10)12/h1-9H,(H,14,15)/b2-1-,3-1?,4-2?,6-3-,8-4-,10-6?,11-8?. The summed E-state index contributed by atoms with van der Waals surface area (Å²) in [5.41, 5.74) is 2.02. The third-order valence-electron chi connectivity index (χ3n) is 2.24. The predicted molar refractivity (Wildman–Crippen MR) is 60.6 cm³/mol. The van der Waals surface area contributed by atoms with Crippen molar-refractivity contribution in [3.63, 3.8) is 0 Å². The Balaban J connectivity index is 2.64. The number of benzene rings is 1. The van der Waals surface area contributed by atoms with Crippen LogP contribution in [0.5, 0.6) is 0 Å². The number of fused-ring (bicyclic) bond motifs is 1. The molecule has 2 rings (SSSR count). The number of carbonyl (C=O) groups is 1. The van der Waals surface area contributed by atoms with Gasteiger partial charge in [0.25, 0.3) is 0 Å². The largest absolute Gasteiger partial charge is 0.478 e. The summed E-state index contributed by atoms with van der Waals surface area (Å²) in [6, 6.07) is 5.28. The van der Waals surface area contributed by atoms with Crippen LogP contribution >= 0.6 is 0 Å². The van der Waals surface area contributed by atoms with E-state index in [0.29, 0.717) is 5.56 Å². The summed E-state index contributed by atoms with van der Waals surface area (Å²) >= 11 is 0. The van der Waals surface area contributed by atoms with Crippen LogP contribution in [0.2, 0.25) is 0 Å². The Morgan fingerprint density at radius 3 is 2.47 bits per heavy atom. The Morgan fingerprint density at radius 2 is 1.73 bits per heavy atom. The van der Waals surface area contributed by atoms with Crippen LogP contribution < -0.4 is 0 Å². The molecule has 74 valence electrons. The fraction of sp³-hybridized carbons (Fsp3) is 0. The maximum Gasteiger partial charge on any atom is 0.336 e. The molecule has 15 heavy (non-hydrogen) atoms. The van der Waals surface area contributed by atoms with E-state index in [-0.39, 0.29) is 0 Å². The average molecular weight is 198 g/mol. The van der Waals surface area contributed by atoms with E-state index in [4.69, 9.17) is 5.11 Å². The molecule has 0 fully saturated rings. The molecule has 0 saturated carbocycles. The van der Waals surface area contributed by atoms with E-state index >= 15 is 0 Å². The smallest absolute Gasteiger partial charge is 0.336 e. The highest BCUT2D eigenvalue weighted by Crippen LogP contribution is 2.19. The highest BCUT2D eigenvalue weighted by atomic mass is 16.4. The molecule has 1 N–H and O–H groups in total. The molecule has 0 spiro atoms. The summed E-state index contributed by atoms with van der Waals surface area (Å²) < 4.78 is 0. The van der Waals surface area contributed by atoms with Crippen molar-refractivity contribution in [2.45, 2.75) is 0 Å². The van der Waals surface area contributed by atoms with E-state index < -0.39 is 5.97 Å². The second kappa shape index (κ2) is 3.96. The zero-order chi connectivity index (χ0) is 10.7. The number of hydrogen-bond acceptors (Lipinski definition) is 1. The number of carboxylic acid groups (broad SMARTS) is 1. The molecule has 1 aromatic rings. The van der Waals surface area contributed by atoms with Crippen LogP contribution in [-0.2, 0) is 0 Å². The van der Waals surface area contributed by atoms with Crippen molar-refractivity contribution in [3.05, 3.63) is 59.2 Å². The fourth-order valence-electron chi connectivity index (χ4n) is 1.54. The van der Waals surface area contributed by atoms with Crippen molar-refractivity contribution in [1.82, 2.24) is 0 Å². The number of aromatic carboxylic acids is 1. The van der Waals surface area contributed by atoms with Gasteiger partial charge in [-0.3, -0.25) is 0 Å². The summed E-state index contributed by atoms with van der Waals surface area (Å²) in [5, 5.41) is 9.03. The summed E-state index contributed by atoms with van der Waals surface area (Å²) in [6.07, 6.45) is 11.2.